The van der Waals surface area contributed by atoms with E-state index >= 15 is 0 Å². The Balaban J connectivity index is 1.78. The van der Waals surface area contributed by atoms with Crippen molar-refractivity contribution in [1.29, 1.82) is 0 Å². The largest absolute Gasteiger partial charge is 0.480 e. The molecule has 0 amide bonds. The maximum absolute atomic E-state index is 11.4. The molecule has 1 aliphatic rings. The third kappa shape index (κ3) is 4.50. The van der Waals surface area contributed by atoms with Gasteiger partial charge < -0.3 is 5.11 Å². The van der Waals surface area contributed by atoms with Crippen LogP contribution < -0.4 is 5.32 Å². The second-order valence-electron chi connectivity index (χ2n) is 5.44. The number of carbonyl (C=O) groups is 1. The molecule has 0 radical (unpaired) electrons. The Morgan fingerprint density at radius 3 is 2.80 bits per heavy atom. The van der Waals surface area contributed by atoms with Crippen LogP contribution in [0, 0.1) is 0 Å². The van der Waals surface area contributed by atoms with Gasteiger partial charge >= 0.3 is 5.97 Å². The number of halogens is 1. The molecule has 1 atom stereocenters. The van der Waals surface area contributed by atoms with Crippen molar-refractivity contribution in [1.82, 2.24) is 5.32 Å². The van der Waals surface area contributed by atoms with E-state index in [1.165, 1.54) is 4.90 Å². The summed E-state index contributed by atoms with van der Waals surface area (Å²) in [6, 6.07) is 8.52. The maximum atomic E-state index is 11.4. The van der Waals surface area contributed by atoms with Crippen molar-refractivity contribution in [3.8, 4) is 0 Å². The van der Waals surface area contributed by atoms with Gasteiger partial charge in [0.2, 0.25) is 0 Å². The number of carboxylic acid groups (broad SMARTS) is 1. The van der Waals surface area contributed by atoms with Crippen molar-refractivity contribution in [2.45, 2.75) is 49.1 Å². The zero-order valence-corrected chi connectivity index (χ0v) is 14.0. The van der Waals surface area contributed by atoms with Crippen LogP contribution in [0.2, 0.25) is 0 Å². The van der Waals surface area contributed by atoms with E-state index < -0.39 is 11.5 Å². The Labute approximate surface area is 132 Å². The lowest BCUT2D eigenvalue weighted by atomic mass is 9.96. The maximum Gasteiger partial charge on any atom is 0.323 e. The van der Waals surface area contributed by atoms with E-state index in [4.69, 9.17) is 0 Å². The van der Waals surface area contributed by atoms with E-state index in [1.54, 1.807) is 18.7 Å². The molecule has 5 heteroatoms. The Bertz CT molecular complexity index is 479. The Morgan fingerprint density at radius 2 is 2.20 bits per heavy atom. The fourth-order valence-electron chi connectivity index (χ4n) is 2.09. The van der Waals surface area contributed by atoms with Crippen molar-refractivity contribution in [2.75, 3.05) is 5.75 Å². The molecule has 1 aliphatic carbocycles. The van der Waals surface area contributed by atoms with Gasteiger partial charge in [0.25, 0.3) is 0 Å². The van der Waals surface area contributed by atoms with E-state index in [2.05, 4.69) is 27.3 Å². The first-order valence-corrected chi connectivity index (χ1v) is 8.67. The summed E-state index contributed by atoms with van der Waals surface area (Å²) in [5.74, 6) is 0.188. The SMILES string of the molecule is CC(CCCSc1ccccc1Br)(NC1CC1)C(=O)O. The first-order chi connectivity index (χ1) is 9.51. The minimum absolute atomic E-state index is 0.409. The summed E-state index contributed by atoms with van der Waals surface area (Å²) < 4.78 is 1.10. The van der Waals surface area contributed by atoms with Crippen LogP contribution in [0.25, 0.3) is 0 Å². The molecule has 1 fully saturated rings. The number of benzene rings is 1. The van der Waals surface area contributed by atoms with Gasteiger partial charge in [0.15, 0.2) is 0 Å². The van der Waals surface area contributed by atoms with E-state index in [0.29, 0.717) is 12.5 Å². The lowest BCUT2D eigenvalue weighted by molar-refractivity contribution is -0.144. The number of hydrogen-bond acceptors (Lipinski definition) is 3. The number of rotatable bonds is 8. The number of aliphatic carboxylic acids is 1. The Hall–Kier alpha value is -0.520. The molecule has 0 bridgehead atoms. The van der Waals surface area contributed by atoms with Gasteiger partial charge in [0.1, 0.15) is 5.54 Å². The standard InChI is InChI=1S/C15H20BrNO2S/c1-15(14(18)19,17-11-7-8-11)9-4-10-20-13-6-3-2-5-12(13)16/h2-3,5-6,11,17H,4,7-10H2,1H3,(H,18,19). The van der Waals surface area contributed by atoms with Gasteiger partial charge in [-0.15, -0.1) is 11.8 Å². The fraction of sp³-hybridized carbons (Fsp3) is 0.533. The fourth-order valence-corrected chi connectivity index (χ4v) is 3.61. The van der Waals surface area contributed by atoms with Crippen LogP contribution in [0.5, 0.6) is 0 Å². The third-order valence-corrected chi connectivity index (χ3v) is 5.60. The zero-order chi connectivity index (χ0) is 14.6. The van der Waals surface area contributed by atoms with Crippen LogP contribution in [0.15, 0.2) is 33.6 Å². The van der Waals surface area contributed by atoms with E-state index in [0.717, 1.165) is 29.5 Å². The first-order valence-electron chi connectivity index (χ1n) is 6.90. The van der Waals surface area contributed by atoms with Crippen LogP contribution in [0.4, 0.5) is 0 Å². The molecule has 20 heavy (non-hydrogen) atoms. The molecule has 0 spiro atoms. The van der Waals surface area contributed by atoms with Gasteiger partial charge in [-0.1, -0.05) is 12.1 Å². The molecule has 2 N–H and O–H groups in total. The monoisotopic (exact) mass is 357 g/mol. The minimum Gasteiger partial charge on any atom is -0.480 e. The predicted octanol–water partition coefficient (Wildman–Crippen LogP) is 3.92. The second kappa shape index (κ2) is 6.96. The highest BCUT2D eigenvalue weighted by atomic mass is 79.9. The van der Waals surface area contributed by atoms with Crippen LogP contribution in [-0.2, 0) is 4.79 Å². The molecule has 0 aliphatic heterocycles. The summed E-state index contributed by atoms with van der Waals surface area (Å²) in [6.45, 7) is 1.80. The number of nitrogens with one attached hydrogen (secondary N) is 1. The summed E-state index contributed by atoms with van der Waals surface area (Å²) >= 11 is 5.29. The van der Waals surface area contributed by atoms with Crippen LogP contribution in [-0.4, -0.2) is 28.4 Å². The van der Waals surface area contributed by atoms with Crippen molar-refractivity contribution < 1.29 is 9.90 Å². The highest BCUT2D eigenvalue weighted by molar-refractivity contribution is 9.10. The van der Waals surface area contributed by atoms with E-state index in [9.17, 15) is 9.90 Å². The van der Waals surface area contributed by atoms with Gasteiger partial charge in [0, 0.05) is 15.4 Å². The quantitative estimate of drug-likeness (QED) is 0.546. The molecule has 2 rings (SSSR count). The Morgan fingerprint density at radius 1 is 1.50 bits per heavy atom. The van der Waals surface area contributed by atoms with Gasteiger partial charge in [-0.2, -0.15) is 0 Å². The Kier molecular flexibility index (Phi) is 5.52. The lowest BCUT2D eigenvalue weighted by Gasteiger charge is -2.26. The molecule has 1 aromatic carbocycles. The highest BCUT2D eigenvalue weighted by Crippen LogP contribution is 2.29. The molecule has 0 heterocycles. The summed E-state index contributed by atoms with van der Waals surface area (Å²) in [6.07, 6.45) is 3.76. The molecule has 1 saturated carbocycles. The molecule has 3 nitrogen and oxygen atoms in total. The van der Waals surface area contributed by atoms with E-state index in [1.807, 2.05) is 18.2 Å². The van der Waals surface area contributed by atoms with Crippen LogP contribution >= 0.6 is 27.7 Å². The summed E-state index contributed by atoms with van der Waals surface area (Å²) in [7, 11) is 0. The molecule has 1 unspecified atom stereocenters. The minimum atomic E-state index is -0.782. The summed E-state index contributed by atoms with van der Waals surface area (Å²) in [5, 5.41) is 12.7. The van der Waals surface area contributed by atoms with Crippen molar-refractivity contribution >= 4 is 33.7 Å². The number of hydrogen-bond donors (Lipinski definition) is 2. The topological polar surface area (TPSA) is 49.3 Å². The van der Waals surface area contributed by atoms with Gasteiger partial charge in [-0.05, 0) is 66.4 Å². The molecule has 1 aromatic rings. The molecular formula is C15H20BrNO2S. The second-order valence-corrected chi connectivity index (χ2v) is 7.43. The number of carboxylic acids is 1. The predicted molar refractivity (Wildman–Crippen MR) is 86.3 cm³/mol. The number of thioether (sulfide) groups is 1. The van der Waals surface area contributed by atoms with Gasteiger partial charge in [0.05, 0.1) is 0 Å². The van der Waals surface area contributed by atoms with Crippen LogP contribution in [0.3, 0.4) is 0 Å². The highest BCUT2D eigenvalue weighted by Gasteiger charge is 2.37. The van der Waals surface area contributed by atoms with Crippen molar-refractivity contribution in [3.05, 3.63) is 28.7 Å². The smallest absolute Gasteiger partial charge is 0.323 e. The normalized spacial score (nSPS) is 17.7. The average molecular weight is 358 g/mol. The van der Waals surface area contributed by atoms with Gasteiger partial charge in [-0.25, -0.2) is 0 Å². The van der Waals surface area contributed by atoms with Crippen LogP contribution in [0.1, 0.15) is 32.6 Å². The molecule has 0 saturated heterocycles. The lowest BCUT2D eigenvalue weighted by Crippen LogP contribution is -2.50. The molecule has 110 valence electrons. The third-order valence-electron chi connectivity index (χ3n) is 3.49. The zero-order valence-electron chi connectivity index (χ0n) is 11.6. The molecule has 0 aromatic heterocycles. The van der Waals surface area contributed by atoms with Crippen molar-refractivity contribution in [2.24, 2.45) is 0 Å². The van der Waals surface area contributed by atoms with Crippen molar-refractivity contribution in [3.63, 3.8) is 0 Å². The molecular weight excluding hydrogens is 338 g/mol. The average Bonchev–Trinajstić information content (AvgIpc) is 3.20. The van der Waals surface area contributed by atoms with E-state index in [-0.39, 0.29) is 0 Å². The van der Waals surface area contributed by atoms with Gasteiger partial charge in [-0.3, -0.25) is 10.1 Å². The summed E-state index contributed by atoms with van der Waals surface area (Å²) in [4.78, 5) is 12.6. The summed E-state index contributed by atoms with van der Waals surface area (Å²) in [5.41, 5.74) is -0.782. The first kappa shape index (κ1) is 15.9.